The molecule has 152 valence electrons. The number of aryl methyl sites for hydroxylation is 1. The van der Waals surface area contributed by atoms with E-state index in [-0.39, 0.29) is 12.1 Å². The van der Waals surface area contributed by atoms with Crippen molar-refractivity contribution in [1.82, 2.24) is 19.8 Å². The molecule has 1 aliphatic rings. The van der Waals surface area contributed by atoms with E-state index in [0.717, 1.165) is 18.0 Å². The standard InChI is InChI=1S/C22H26N4O2S/c1-15-13-18(16(2)25(15)10-12-27-3)21-20(19-8-4-5-9-23-19)24-22(29)26(21)14-17-7-6-11-28-17/h4-9,11,13,20-21H,10,12,14H2,1-3H3,(H,24,29)/t20-,21-/m1/s1. The van der Waals surface area contributed by atoms with E-state index >= 15 is 0 Å². The number of ether oxygens (including phenoxy) is 1. The normalized spacial score (nSPS) is 19.0. The second-order valence-electron chi connectivity index (χ2n) is 7.30. The molecule has 0 bridgehead atoms. The predicted octanol–water partition coefficient (Wildman–Crippen LogP) is 3.91. The molecule has 29 heavy (non-hydrogen) atoms. The van der Waals surface area contributed by atoms with Gasteiger partial charge in [-0.2, -0.15) is 0 Å². The Kier molecular flexibility index (Phi) is 5.69. The van der Waals surface area contributed by atoms with Crippen molar-refractivity contribution in [2.24, 2.45) is 0 Å². The summed E-state index contributed by atoms with van der Waals surface area (Å²) in [5, 5.41) is 4.21. The highest BCUT2D eigenvalue weighted by Crippen LogP contribution is 2.41. The van der Waals surface area contributed by atoms with Crippen LogP contribution in [0.5, 0.6) is 0 Å². The maximum Gasteiger partial charge on any atom is 0.170 e. The first-order valence-corrected chi connectivity index (χ1v) is 10.2. The van der Waals surface area contributed by atoms with E-state index in [1.807, 2.05) is 36.5 Å². The molecule has 4 rings (SSSR count). The van der Waals surface area contributed by atoms with E-state index in [4.69, 9.17) is 21.4 Å². The maximum atomic E-state index is 5.74. The average molecular weight is 411 g/mol. The molecule has 0 unspecified atom stereocenters. The number of rotatable bonds is 7. The van der Waals surface area contributed by atoms with E-state index in [1.165, 1.54) is 17.0 Å². The van der Waals surface area contributed by atoms with Gasteiger partial charge in [0, 0.05) is 31.2 Å². The Hall–Kier alpha value is -2.64. The van der Waals surface area contributed by atoms with Gasteiger partial charge in [-0.05, 0) is 62.0 Å². The zero-order valence-electron chi connectivity index (χ0n) is 17.0. The van der Waals surface area contributed by atoms with Gasteiger partial charge >= 0.3 is 0 Å². The predicted molar refractivity (Wildman–Crippen MR) is 115 cm³/mol. The highest BCUT2D eigenvalue weighted by atomic mass is 32.1. The van der Waals surface area contributed by atoms with Crippen molar-refractivity contribution in [3.63, 3.8) is 0 Å². The first-order chi connectivity index (χ1) is 14.1. The lowest BCUT2D eigenvalue weighted by Crippen LogP contribution is -2.29. The molecule has 1 N–H and O–H groups in total. The molecule has 6 nitrogen and oxygen atoms in total. The lowest BCUT2D eigenvalue weighted by atomic mass is 9.96. The molecule has 3 aromatic heterocycles. The van der Waals surface area contributed by atoms with E-state index in [0.29, 0.717) is 18.3 Å². The number of hydrogen-bond donors (Lipinski definition) is 1. The van der Waals surface area contributed by atoms with Crippen molar-refractivity contribution in [3.05, 3.63) is 77.3 Å². The fourth-order valence-electron chi connectivity index (χ4n) is 4.14. The van der Waals surface area contributed by atoms with Gasteiger partial charge < -0.3 is 23.9 Å². The van der Waals surface area contributed by atoms with Gasteiger partial charge in [0.15, 0.2) is 5.11 Å². The summed E-state index contributed by atoms with van der Waals surface area (Å²) in [5.74, 6) is 0.883. The largest absolute Gasteiger partial charge is 0.467 e. The SMILES string of the molecule is COCCn1c(C)cc([C@@H]2[C@@H](c3ccccn3)NC(=S)N2Cc2ccco2)c1C. The van der Waals surface area contributed by atoms with Crippen LogP contribution in [0.3, 0.4) is 0 Å². The Morgan fingerprint density at radius 2 is 2.10 bits per heavy atom. The van der Waals surface area contributed by atoms with Gasteiger partial charge in [-0.3, -0.25) is 4.98 Å². The number of hydrogen-bond acceptors (Lipinski definition) is 4. The Bertz CT molecular complexity index is 968. The summed E-state index contributed by atoms with van der Waals surface area (Å²) in [6, 6.07) is 12.1. The first-order valence-electron chi connectivity index (χ1n) is 9.76. The van der Waals surface area contributed by atoms with E-state index in [1.54, 1.807) is 13.4 Å². The van der Waals surface area contributed by atoms with Gasteiger partial charge in [0.1, 0.15) is 5.76 Å². The third kappa shape index (κ3) is 3.80. The minimum Gasteiger partial charge on any atom is -0.467 e. The molecular weight excluding hydrogens is 384 g/mol. The molecule has 0 aromatic carbocycles. The lowest BCUT2D eigenvalue weighted by Gasteiger charge is -2.27. The van der Waals surface area contributed by atoms with Gasteiger partial charge in [0.2, 0.25) is 0 Å². The topological polar surface area (TPSA) is 55.5 Å². The van der Waals surface area contributed by atoms with Crippen LogP contribution in [0.15, 0.2) is 53.3 Å². The minimum absolute atomic E-state index is 0.0185. The molecule has 0 amide bonds. The average Bonchev–Trinajstić information content (AvgIpc) is 3.42. The van der Waals surface area contributed by atoms with Crippen LogP contribution in [0.2, 0.25) is 0 Å². The summed E-state index contributed by atoms with van der Waals surface area (Å²) in [6.07, 6.45) is 3.53. The summed E-state index contributed by atoms with van der Waals surface area (Å²) in [4.78, 5) is 6.82. The van der Waals surface area contributed by atoms with E-state index in [9.17, 15) is 0 Å². The summed E-state index contributed by atoms with van der Waals surface area (Å²) >= 11 is 5.74. The number of methoxy groups -OCH3 is 1. The molecular formula is C22H26N4O2S. The van der Waals surface area contributed by atoms with Gasteiger partial charge in [0.25, 0.3) is 0 Å². The summed E-state index contributed by atoms with van der Waals surface area (Å²) in [5.41, 5.74) is 4.66. The Morgan fingerprint density at radius 3 is 2.79 bits per heavy atom. The fraction of sp³-hybridized carbons (Fsp3) is 0.364. The molecule has 0 aliphatic carbocycles. The number of pyridine rings is 1. The molecule has 0 spiro atoms. The number of thiocarbonyl (C=S) groups is 1. The van der Waals surface area contributed by atoms with Crippen molar-refractivity contribution in [3.8, 4) is 0 Å². The molecule has 0 radical (unpaired) electrons. The molecule has 4 heterocycles. The van der Waals surface area contributed by atoms with Gasteiger partial charge in [-0.1, -0.05) is 6.07 Å². The van der Waals surface area contributed by atoms with Crippen molar-refractivity contribution in [2.75, 3.05) is 13.7 Å². The van der Waals surface area contributed by atoms with Crippen LogP contribution in [0, 0.1) is 13.8 Å². The van der Waals surface area contributed by atoms with Crippen LogP contribution < -0.4 is 5.32 Å². The third-order valence-corrected chi connectivity index (χ3v) is 5.91. The highest BCUT2D eigenvalue weighted by Gasteiger charge is 2.41. The molecule has 2 atom stereocenters. The molecule has 1 saturated heterocycles. The fourth-order valence-corrected chi connectivity index (χ4v) is 4.44. The van der Waals surface area contributed by atoms with Gasteiger partial charge in [-0.25, -0.2) is 0 Å². The number of nitrogens with one attached hydrogen (secondary N) is 1. The van der Waals surface area contributed by atoms with Crippen LogP contribution >= 0.6 is 12.2 Å². The Balaban J connectivity index is 1.76. The monoisotopic (exact) mass is 410 g/mol. The van der Waals surface area contributed by atoms with Crippen LogP contribution in [0.25, 0.3) is 0 Å². The smallest absolute Gasteiger partial charge is 0.170 e. The highest BCUT2D eigenvalue weighted by molar-refractivity contribution is 7.80. The second kappa shape index (κ2) is 8.39. The molecule has 3 aromatic rings. The van der Waals surface area contributed by atoms with Crippen molar-refractivity contribution in [1.29, 1.82) is 0 Å². The summed E-state index contributed by atoms with van der Waals surface area (Å²) < 4.78 is 13.2. The molecule has 0 saturated carbocycles. The zero-order valence-corrected chi connectivity index (χ0v) is 17.8. The maximum absolute atomic E-state index is 5.74. The van der Waals surface area contributed by atoms with Crippen LogP contribution in [-0.2, 0) is 17.8 Å². The minimum atomic E-state index is -0.0324. The quantitative estimate of drug-likeness (QED) is 0.596. The van der Waals surface area contributed by atoms with Crippen LogP contribution in [-0.4, -0.2) is 33.3 Å². The third-order valence-electron chi connectivity index (χ3n) is 5.55. The first kappa shape index (κ1) is 19.7. The molecule has 1 aliphatic heterocycles. The molecule has 7 heteroatoms. The summed E-state index contributed by atoms with van der Waals surface area (Å²) in [7, 11) is 1.73. The Labute approximate surface area is 176 Å². The van der Waals surface area contributed by atoms with Crippen molar-refractivity contribution in [2.45, 2.75) is 39.0 Å². The van der Waals surface area contributed by atoms with Crippen LogP contribution in [0.4, 0.5) is 0 Å². The van der Waals surface area contributed by atoms with Crippen molar-refractivity contribution < 1.29 is 9.15 Å². The zero-order chi connectivity index (χ0) is 20.4. The number of furan rings is 1. The van der Waals surface area contributed by atoms with Gasteiger partial charge in [-0.15, -0.1) is 0 Å². The second-order valence-corrected chi connectivity index (χ2v) is 7.69. The molecule has 1 fully saturated rings. The van der Waals surface area contributed by atoms with E-state index < -0.39 is 0 Å². The van der Waals surface area contributed by atoms with E-state index in [2.05, 4.69) is 39.7 Å². The van der Waals surface area contributed by atoms with Crippen molar-refractivity contribution >= 4 is 17.3 Å². The van der Waals surface area contributed by atoms with Crippen LogP contribution in [0.1, 0.15) is 40.5 Å². The Morgan fingerprint density at radius 1 is 1.24 bits per heavy atom. The van der Waals surface area contributed by atoms with Gasteiger partial charge in [0.05, 0.1) is 37.2 Å². The summed E-state index contributed by atoms with van der Waals surface area (Å²) in [6.45, 7) is 6.41. The lowest BCUT2D eigenvalue weighted by molar-refractivity contribution is 0.186. The number of nitrogens with zero attached hydrogens (tertiary/aromatic N) is 3. The number of aromatic nitrogens is 2.